The van der Waals surface area contributed by atoms with Crippen LogP contribution in [0.1, 0.15) is 63.2 Å². The van der Waals surface area contributed by atoms with Crippen LogP contribution in [0.3, 0.4) is 0 Å². The van der Waals surface area contributed by atoms with Crippen LogP contribution < -0.4 is 24.8 Å². The number of benzene rings is 3. The van der Waals surface area contributed by atoms with Crippen LogP contribution >= 0.6 is 34.8 Å². The van der Waals surface area contributed by atoms with Crippen molar-refractivity contribution in [1.82, 2.24) is 10.6 Å². The number of methoxy groups -OCH3 is 3. The average Bonchev–Trinajstić information content (AvgIpc) is 3.19. The number of halogens is 3. The Morgan fingerprint density at radius 1 is 0.589 bits per heavy atom. The number of nitrogens with one attached hydrogen (secondary N) is 2. The summed E-state index contributed by atoms with van der Waals surface area (Å²) in [6.45, 7) is -1.42. The minimum Gasteiger partial charge on any atom is -0.484 e. The fourth-order valence-corrected chi connectivity index (χ4v) is 7.23. The minimum absolute atomic E-state index is 0.0373. The third kappa shape index (κ3) is 9.94. The molecule has 3 aromatic carbocycles. The third-order valence-corrected chi connectivity index (χ3v) is 10.5. The Hall–Kier alpha value is -5.25. The summed E-state index contributed by atoms with van der Waals surface area (Å²) in [6, 6.07) is 12.8. The minimum atomic E-state index is -1.04. The monoisotopic (exact) mass is 834 g/mol. The molecule has 298 valence electrons. The fraction of sp³-hybridized carbons (Fsp3) is 0.368. The highest BCUT2D eigenvalue weighted by Crippen LogP contribution is 2.48. The van der Waals surface area contributed by atoms with Gasteiger partial charge in [-0.25, -0.2) is 19.2 Å². The second-order valence-electron chi connectivity index (χ2n) is 13.0. The molecule has 0 saturated heterocycles. The van der Waals surface area contributed by atoms with Crippen molar-refractivity contribution in [3.63, 3.8) is 0 Å². The summed E-state index contributed by atoms with van der Waals surface area (Å²) in [6.07, 6.45) is 0.655. The molecule has 56 heavy (non-hydrogen) atoms. The largest absolute Gasteiger partial charge is 0.484 e. The quantitative estimate of drug-likeness (QED) is 0.151. The van der Waals surface area contributed by atoms with Crippen molar-refractivity contribution in [2.75, 3.05) is 41.2 Å². The van der Waals surface area contributed by atoms with Gasteiger partial charge in [0.25, 0.3) is 11.8 Å². The van der Waals surface area contributed by atoms with Gasteiger partial charge in [-0.3, -0.25) is 9.59 Å². The summed E-state index contributed by atoms with van der Waals surface area (Å²) in [5, 5.41) is 6.46. The van der Waals surface area contributed by atoms with Crippen LogP contribution in [0.25, 0.3) is 0 Å². The van der Waals surface area contributed by atoms with Gasteiger partial charge in [-0.2, -0.15) is 0 Å². The lowest BCUT2D eigenvalue weighted by molar-refractivity contribution is -0.168. The van der Waals surface area contributed by atoms with E-state index in [4.69, 9.17) is 68.0 Å². The Bertz CT molecular complexity index is 2020. The fourth-order valence-electron chi connectivity index (χ4n) is 6.65. The van der Waals surface area contributed by atoms with E-state index in [0.29, 0.717) is 25.7 Å². The van der Waals surface area contributed by atoms with Gasteiger partial charge in [-0.1, -0.05) is 34.8 Å². The molecule has 0 radical (unpaired) electrons. The number of hydrogen-bond acceptors (Lipinski definition) is 13. The number of hydrogen-bond donors (Lipinski definition) is 2. The first-order chi connectivity index (χ1) is 26.7. The molecule has 3 aromatic rings. The molecule has 0 unspecified atom stereocenters. The van der Waals surface area contributed by atoms with Gasteiger partial charge in [0, 0.05) is 12.0 Å². The predicted molar refractivity (Wildman–Crippen MR) is 200 cm³/mol. The zero-order valence-electron chi connectivity index (χ0n) is 30.4. The third-order valence-electron chi connectivity index (χ3n) is 9.48. The van der Waals surface area contributed by atoms with Crippen molar-refractivity contribution < 1.29 is 61.9 Å². The van der Waals surface area contributed by atoms with Crippen LogP contribution in [0.2, 0.25) is 15.1 Å². The van der Waals surface area contributed by atoms with Gasteiger partial charge in [0.15, 0.2) is 19.8 Å². The average molecular weight is 836 g/mol. The highest BCUT2D eigenvalue weighted by molar-refractivity contribution is 6.34. The maximum absolute atomic E-state index is 13.4. The van der Waals surface area contributed by atoms with Crippen LogP contribution in [0, 0.1) is 0 Å². The molecule has 3 aliphatic rings. The highest BCUT2D eigenvalue weighted by atomic mass is 35.5. The molecule has 1 atom stereocenters. The van der Waals surface area contributed by atoms with E-state index >= 15 is 0 Å². The molecule has 3 aliphatic carbocycles. The predicted octanol–water partition coefficient (Wildman–Crippen LogP) is 5.14. The Balaban J connectivity index is 1.28. The number of rotatable bonds is 15. The van der Waals surface area contributed by atoms with Crippen LogP contribution in [-0.4, -0.2) is 94.0 Å². The molecule has 6 rings (SSSR count). The highest BCUT2D eigenvalue weighted by Gasteiger charge is 2.57. The first kappa shape index (κ1) is 41.9. The van der Waals surface area contributed by atoms with Gasteiger partial charge in [0.2, 0.25) is 0 Å². The molecule has 0 spiro atoms. The van der Waals surface area contributed by atoms with Crippen molar-refractivity contribution in [1.29, 1.82) is 0 Å². The number of esters is 4. The van der Waals surface area contributed by atoms with E-state index in [1.807, 2.05) is 0 Å². The lowest BCUT2D eigenvalue weighted by atomic mass is 9.59. The number of carbonyl (C=O) groups excluding carboxylic acids is 6. The van der Waals surface area contributed by atoms with Crippen LogP contribution in [0.4, 0.5) is 0 Å². The van der Waals surface area contributed by atoms with E-state index in [2.05, 4.69) is 10.6 Å². The Labute approximate surface area is 336 Å². The second kappa shape index (κ2) is 18.1. The molecule has 3 saturated carbocycles. The topological polar surface area (TPSA) is 191 Å². The van der Waals surface area contributed by atoms with Crippen molar-refractivity contribution in [3.05, 3.63) is 86.4 Å². The number of ether oxygens (including phenoxy) is 7. The van der Waals surface area contributed by atoms with Gasteiger partial charge in [0.1, 0.15) is 23.4 Å². The van der Waals surface area contributed by atoms with Crippen molar-refractivity contribution in [2.24, 2.45) is 0 Å². The number of fused-ring (bicyclic) bond motifs is 3. The summed E-state index contributed by atoms with van der Waals surface area (Å²) in [4.78, 5) is 76.1. The molecule has 0 aliphatic heterocycles. The smallest absolute Gasteiger partial charge is 0.344 e. The SMILES string of the molecule is COC(=O)c1cc(OCC(=O)NC23CCC(NC(=O)COc4ccc(Cl)c(C(=O)OC)c4)(CC2)[C@@H](OC(=O)COc2ccc(Cl)c(C(=O)OC)c2)C3)ccc1Cl. The first-order valence-corrected chi connectivity index (χ1v) is 18.2. The van der Waals surface area contributed by atoms with E-state index in [1.165, 1.54) is 75.9 Å². The van der Waals surface area contributed by atoms with E-state index < -0.39 is 72.7 Å². The lowest BCUT2D eigenvalue weighted by Crippen LogP contribution is -2.71. The van der Waals surface area contributed by atoms with Gasteiger partial charge in [-0.15, -0.1) is 0 Å². The Kier molecular flexibility index (Phi) is 13.6. The van der Waals surface area contributed by atoms with Crippen LogP contribution in [-0.2, 0) is 33.3 Å². The molecule has 2 bridgehead atoms. The van der Waals surface area contributed by atoms with Crippen LogP contribution in [0.5, 0.6) is 17.2 Å². The van der Waals surface area contributed by atoms with Gasteiger partial charge >= 0.3 is 23.9 Å². The summed E-state index contributed by atoms with van der Waals surface area (Å²) >= 11 is 18.3. The summed E-state index contributed by atoms with van der Waals surface area (Å²) in [7, 11) is 3.62. The van der Waals surface area contributed by atoms with Gasteiger partial charge in [0.05, 0.1) is 58.6 Å². The Morgan fingerprint density at radius 3 is 1.39 bits per heavy atom. The summed E-state index contributed by atoms with van der Waals surface area (Å²) in [5.74, 6) is -3.28. The molecular formula is C38H37Cl3N2O13. The second-order valence-corrected chi connectivity index (χ2v) is 14.2. The Morgan fingerprint density at radius 2 is 0.982 bits per heavy atom. The van der Waals surface area contributed by atoms with E-state index in [0.717, 1.165) is 0 Å². The summed E-state index contributed by atoms with van der Waals surface area (Å²) < 4.78 is 37.1. The molecule has 18 heteroatoms. The van der Waals surface area contributed by atoms with Crippen molar-refractivity contribution in [3.8, 4) is 17.2 Å². The van der Waals surface area contributed by atoms with Crippen molar-refractivity contribution >= 4 is 70.5 Å². The molecule has 0 aromatic heterocycles. The van der Waals surface area contributed by atoms with Crippen LogP contribution in [0.15, 0.2) is 54.6 Å². The molecular weight excluding hydrogens is 799 g/mol. The number of carbonyl (C=O) groups is 6. The van der Waals surface area contributed by atoms with Gasteiger partial charge < -0.3 is 43.8 Å². The van der Waals surface area contributed by atoms with Gasteiger partial charge in [-0.05, 0) is 80.3 Å². The first-order valence-electron chi connectivity index (χ1n) is 17.0. The lowest BCUT2D eigenvalue weighted by Gasteiger charge is -2.57. The van der Waals surface area contributed by atoms with Crippen molar-refractivity contribution in [2.45, 2.75) is 49.3 Å². The zero-order valence-corrected chi connectivity index (χ0v) is 32.6. The molecule has 15 nitrogen and oxygen atoms in total. The maximum Gasteiger partial charge on any atom is 0.344 e. The van der Waals surface area contributed by atoms with E-state index in [-0.39, 0.29) is 55.4 Å². The molecule has 2 N–H and O–H groups in total. The molecule has 3 fully saturated rings. The molecule has 2 amide bonds. The van der Waals surface area contributed by atoms with E-state index in [9.17, 15) is 28.8 Å². The zero-order chi connectivity index (χ0) is 40.6. The number of amides is 2. The van der Waals surface area contributed by atoms with E-state index in [1.54, 1.807) is 0 Å². The standard InChI is InChI=1S/C38H37Cl3N2O13/c1-50-34(47)24-14-21(4-7-27(24)39)53-18-31(44)42-37-10-12-38(13-11-37,43-32(45)19-54-22-5-8-28(40)25(15-22)35(48)51-2)30(17-37)56-33(46)20-55-23-6-9-29(41)26(16-23)36(49)52-3/h4-9,14-16,30H,10-13,17-20H2,1-3H3,(H,42,44)(H,43,45)/t30-,37?,38?/m0/s1. The maximum atomic E-state index is 13.4. The molecule has 0 heterocycles. The normalized spacial score (nSPS) is 19.5. The summed E-state index contributed by atoms with van der Waals surface area (Å²) in [5.41, 5.74) is -1.70.